The largest absolute Gasteiger partial charge is 0.347 e. The van der Waals surface area contributed by atoms with Gasteiger partial charge in [-0.1, -0.05) is 30.7 Å². The summed E-state index contributed by atoms with van der Waals surface area (Å²) < 4.78 is 13.9. The van der Waals surface area contributed by atoms with Crippen molar-refractivity contribution in [3.63, 3.8) is 0 Å². The minimum atomic E-state index is -0.135. The maximum Gasteiger partial charge on any atom is 0.223 e. The quantitative estimate of drug-likeness (QED) is 0.820. The van der Waals surface area contributed by atoms with Crippen LogP contribution in [0.15, 0.2) is 48.7 Å². The van der Waals surface area contributed by atoms with E-state index in [0.717, 1.165) is 56.5 Å². The van der Waals surface area contributed by atoms with Crippen LogP contribution in [0.2, 0.25) is 0 Å². The number of likely N-dealkylation sites (tertiary alicyclic amines) is 1. The van der Waals surface area contributed by atoms with Gasteiger partial charge in [0.2, 0.25) is 5.91 Å². The molecule has 1 aromatic heterocycles. The molecule has 5 heteroatoms. The van der Waals surface area contributed by atoms with Crippen LogP contribution in [-0.2, 0) is 11.3 Å². The number of carbonyl (C=O) groups is 1. The Balaban J connectivity index is 1.40. The third kappa shape index (κ3) is 4.41. The first-order valence-corrected chi connectivity index (χ1v) is 10.4. The fraction of sp³-hybridized carbons (Fsp3) is 0.478. The summed E-state index contributed by atoms with van der Waals surface area (Å²) in [4.78, 5) is 19.4. The minimum Gasteiger partial charge on any atom is -0.347 e. The number of pyridine rings is 1. The van der Waals surface area contributed by atoms with E-state index >= 15 is 0 Å². The molecule has 2 aliphatic rings. The third-order valence-electron chi connectivity index (χ3n) is 6.24. The Hall–Kier alpha value is -2.27. The van der Waals surface area contributed by atoms with Crippen molar-refractivity contribution in [2.45, 2.75) is 44.7 Å². The summed E-state index contributed by atoms with van der Waals surface area (Å²) in [6.45, 7) is 2.45. The molecule has 1 amide bonds. The van der Waals surface area contributed by atoms with Gasteiger partial charge in [0.15, 0.2) is 0 Å². The molecular formula is C23H28FN3O. The van der Waals surface area contributed by atoms with Gasteiger partial charge in [-0.15, -0.1) is 0 Å². The van der Waals surface area contributed by atoms with Crippen molar-refractivity contribution in [1.29, 1.82) is 0 Å². The van der Waals surface area contributed by atoms with Crippen LogP contribution in [-0.4, -0.2) is 28.9 Å². The lowest BCUT2D eigenvalue weighted by atomic mass is 9.83. The molecule has 4 rings (SSSR count). The number of benzene rings is 1. The lowest BCUT2D eigenvalue weighted by molar-refractivity contribution is -0.128. The molecule has 1 aliphatic heterocycles. The number of hydrogen-bond acceptors (Lipinski definition) is 3. The molecule has 0 radical (unpaired) electrons. The fourth-order valence-corrected chi connectivity index (χ4v) is 4.25. The van der Waals surface area contributed by atoms with Gasteiger partial charge >= 0.3 is 0 Å². The van der Waals surface area contributed by atoms with Gasteiger partial charge in [0.05, 0.1) is 11.7 Å². The Labute approximate surface area is 166 Å². The van der Waals surface area contributed by atoms with Gasteiger partial charge in [0.25, 0.3) is 0 Å². The number of nitrogens with one attached hydrogen (secondary N) is 1. The summed E-state index contributed by atoms with van der Waals surface area (Å²) >= 11 is 0. The first kappa shape index (κ1) is 19.1. The molecule has 1 atom stereocenters. The summed E-state index contributed by atoms with van der Waals surface area (Å²) in [6, 6.07) is 12.9. The van der Waals surface area contributed by atoms with E-state index < -0.39 is 0 Å². The van der Waals surface area contributed by atoms with Crippen LogP contribution in [0.4, 0.5) is 4.39 Å². The zero-order valence-electron chi connectivity index (χ0n) is 16.2. The predicted octanol–water partition coefficient (Wildman–Crippen LogP) is 4.09. The van der Waals surface area contributed by atoms with Crippen LogP contribution in [0.1, 0.15) is 49.4 Å². The van der Waals surface area contributed by atoms with Crippen molar-refractivity contribution in [2.24, 2.45) is 11.8 Å². The highest BCUT2D eigenvalue weighted by Gasteiger charge is 2.33. The van der Waals surface area contributed by atoms with Crippen LogP contribution in [0.3, 0.4) is 0 Å². The van der Waals surface area contributed by atoms with Crippen LogP contribution in [0, 0.1) is 17.7 Å². The van der Waals surface area contributed by atoms with Crippen molar-refractivity contribution in [3.05, 3.63) is 65.7 Å². The molecule has 1 N–H and O–H groups in total. The van der Waals surface area contributed by atoms with Gasteiger partial charge in [0.1, 0.15) is 5.82 Å². The Morgan fingerprint density at radius 3 is 2.50 bits per heavy atom. The molecule has 4 nitrogen and oxygen atoms in total. The van der Waals surface area contributed by atoms with E-state index in [-0.39, 0.29) is 23.7 Å². The maximum absolute atomic E-state index is 13.9. The van der Waals surface area contributed by atoms with Gasteiger partial charge < -0.3 is 5.32 Å². The summed E-state index contributed by atoms with van der Waals surface area (Å²) in [7, 11) is 0. The van der Waals surface area contributed by atoms with Gasteiger partial charge in [-0.3, -0.25) is 14.7 Å². The lowest BCUT2D eigenvalue weighted by Crippen LogP contribution is -2.43. The Bertz CT molecular complexity index is 785. The van der Waals surface area contributed by atoms with Crippen molar-refractivity contribution in [1.82, 2.24) is 15.2 Å². The second-order valence-corrected chi connectivity index (χ2v) is 8.07. The van der Waals surface area contributed by atoms with E-state index in [1.54, 1.807) is 12.3 Å². The highest BCUT2D eigenvalue weighted by molar-refractivity contribution is 5.79. The number of rotatable bonds is 6. The first-order valence-electron chi connectivity index (χ1n) is 10.4. The summed E-state index contributed by atoms with van der Waals surface area (Å²) in [6.07, 6.45) is 6.90. The molecule has 28 heavy (non-hydrogen) atoms. The molecule has 1 saturated carbocycles. The molecule has 1 aliphatic carbocycles. The zero-order chi connectivity index (χ0) is 19.3. The summed E-state index contributed by atoms with van der Waals surface area (Å²) in [5.74, 6) is 0.572. The van der Waals surface area contributed by atoms with Gasteiger partial charge in [0, 0.05) is 24.2 Å². The number of nitrogens with zero attached hydrogens (tertiary/aromatic N) is 2. The molecule has 2 heterocycles. The topological polar surface area (TPSA) is 45.2 Å². The molecule has 1 saturated heterocycles. The van der Waals surface area contributed by atoms with Crippen LogP contribution < -0.4 is 5.32 Å². The monoisotopic (exact) mass is 381 g/mol. The average Bonchev–Trinajstić information content (AvgIpc) is 2.68. The highest BCUT2D eigenvalue weighted by atomic mass is 19.1. The predicted molar refractivity (Wildman–Crippen MR) is 107 cm³/mol. The second-order valence-electron chi connectivity index (χ2n) is 8.07. The van der Waals surface area contributed by atoms with E-state index in [4.69, 9.17) is 0 Å². The van der Waals surface area contributed by atoms with Gasteiger partial charge in [-0.25, -0.2) is 4.39 Å². The molecule has 0 bridgehead atoms. The normalized spacial score (nSPS) is 19.8. The molecule has 1 unspecified atom stereocenters. The first-order chi connectivity index (χ1) is 13.7. The second kappa shape index (κ2) is 8.82. The fourth-order valence-electron chi connectivity index (χ4n) is 4.25. The van der Waals surface area contributed by atoms with Crippen molar-refractivity contribution in [3.8, 4) is 0 Å². The number of aromatic nitrogens is 1. The molecule has 148 valence electrons. The average molecular weight is 381 g/mol. The lowest BCUT2D eigenvalue weighted by Gasteiger charge is -2.37. The molecule has 0 spiro atoms. The van der Waals surface area contributed by atoms with Crippen molar-refractivity contribution < 1.29 is 9.18 Å². The SMILES string of the molecule is O=C(NC(c1ccccn1)C1CCN(Cc2ccccc2F)CC1)C1CCC1. The summed E-state index contributed by atoms with van der Waals surface area (Å²) in [5, 5.41) is 3.30. The van der Waals surface area contributed by atoms with Crippen LogP contribution in [0.5, 0.6) is 0 Å². The highest BCUT2D eigenvalue weighted by Crippen LogP contribution is 2.33. The molecule has 2 fully saturated rings. The number of amides is 1. The van der Waals surface area contributed by atoms with E-state index in [0.29, 0.717) is 12.5 Å². The van der Waals surface area contributed by atoms with E-state index in [1.165, 1.54) is 6.07 Å². The van der Waals surface area contributed by atoms with Gasteiger partial charge in [-0.2, -0.15) is 0 Å². The number of hydrogen-bond donors (Lipinski definition) is 1. The van der Waals surface area contributed by atoms with Gasteiger partial charge in [-0.05, 0) is 62.9 Å². The number of halogens is 1. The Morgan fingerprint density at radius 1 is 1.11 bits per heavy atom. The van der Waals surface area contributed by atoms with Crippen molar-refractivity contribution in [2.75, 3.05) is 13.1 Å². The molecular weight excluding hydrogens is 353 g/mol. The molecule has 1 aromatic carbocycles. The maximum atomic E-state index is 13.9. The zero-order valence-corrected chi connectivity index (χ0v) is 16.2. The number of carbonyl (C=O) groups excluding carboxylic acids is 1. The Kier molecular flexibility index (Phi) is 6.01. The standard InChI is InChI=1S/C23H28FN3O/c24-20-9-2-1-6-19(20)16-27-14-11-17(12-15-27)22(21-10-3-4-13-25-21)26-23(28)18-7-5-8-18/h1-4,6,9-10,13,17-18,22H,5,7-8,11-12,14-16H2,(H,26,28). The summed E-state index contributed by atoms with van der Waals surface area (Å²) in [5.41, 5.74) is 1.70. The van der Waals surface area contributed by atoms with E-state index in [9.17, 15) is 9.18 Å². The smallest absolute Gasteiger partial charge is 0.223 e. The van der Waals surface area contributed by atoms with Crippen LogP contribution in [0.25, 0.3) is 0 Å². The Morgan fingerprint density at radius 2 is 1.86 bits per heavy atom. The van der Waals surface area contributed by atoms with E-state index in [1.807, 2.05) is 30.3 Å². The van der Waals surface area contributed by atoms with Crippen molar-refractivity contribution >= 4 is 5.91 Å². The van der Waals surface area contributed by atoms with E-state index in [2.05, 4.69) is 15.2 Å². The molecule has 2 aromatic rings. The van der Waals surface area contributed by atoms with Crippen LogP contribution >= 0.6 is 0 Å². The third-order valence-corrected chi connectivity index (χ3v) is 6.24. The number of piperidine rings is 1. The minimum absolute atomic E-state index is 0.0371.